The molecule has 3 fully saturated rings. The molecule has 6 N–H and O–H groups in total. The molecule has 3 aliphatic rings. The Morgan fingerprint density at radius 1 is 0.456 bits per heavy atom. The summed E-state index contributed by atoms with van der Waals surface area (Å²) in [5.41, 5.74) is 0. The summed E-state index contributed by atoms with van der Waals surface area (Å²) in [6, 6.07) is 1.63. The maximum Gasteiger partial charge on any atom is 0.231 e. The average molecular weight is 797 g/mol. The molecule has 2 aromatic rings. The predicted molar refractivity (Wildman–Crippen MR) is 236 cm³/mol. The first-order valence-electron chi connectivity index (χ1n) is 21.8. The second-order valence-corrected chi connectivity index (χ2v) is 16.1. The van der Waals surface area contributed by atoms with Crippen LogP contribution in [0, 0.1) is 0 Å². The van der Waals surface area contributed by atoms with Crippen molar-refractivity contribution in [3.63, 3.8) is 0 Å². The average Bonchev–Trinajstić information content (AvgIpc) is 3.26. The zero-order chi connectivity index (χ0) is 40.4. The molecule has 3 saturated heterocycles. The minimum atomic E-state index is 0.496. The molecule has 2 aromatic heterocycles. The first-order valence-corrected chi connectivity index (χ1v) is 21.8. The van der Waals surface area contributed by atoms with Gasteiger partial charge in [-0.15, -0.1) is 0 Å². The summed E-state index contributed by atoms with van der Waals surface area (Å²) in [6.45, 7) is 13.1. The van der Waals surface area contributed by atoms with Gasteiger partial charge < -0.3 is 61.3 Å². The molecule has 0 spiro atoms. The van der Waals surface area contributed by atoms with Gasteiger partial charge in [0.25, 0.3) is 0 Å². The van der Waals surface area contributed by atoms with E-state index in [1.54, 1.807) is 0 Å². The van der Waals surface area contributed by atoms with Gasteiger partial charge in [0, 0.05) is 111 Å². The van der Waals surface area contributed by atoms with Crippen molar-refractivity contribution >= 4 is 35.7 Å². The molecule has 18 nitrogen and oxygen atoms in total. The first-order chi connectivity index (χ1) is 27.8. The van der Waals surface area contributed by atoms with E-state index in [4.69, 9.17) is 29.9 Å². The van der Waals surface area contributed by atoms with Gasteiger partial charge in [0.05, 0.1) is 0 Å². The summed E-state index contributed by atoms with van der Waals surface area (Å²) in [5.74, 6) is 4.68. The van der Waals surface area contributed by atoms with Crippen molar-refractivity contribution in [1.82, 2.24) is 61.8 Å². The van der Waals surface area contributed by atoms with Gasteiger partial charge in [-0.3, -0.25) is 0 Å². The van der Waals surface area contributed by atoms with Gasteiger partial charge in [0.1, 0.15) is 0 Å². The molecular formula is C39H76N18. The molecule has 0 bridgehead atoms. The molecule has 0 radical (unpaired) electrons. The van der Waals surface area contributed by atoms with Crippen LogP contribution in [0.25, 0.3) is 0 Å². The van der Waals surface area contributed by atoms with Crippen molar-refractivity contribution < 1.29 is 0 Å². The van der Waals surface area contributed by atoms with Gasteiger partial charge in [-0.05, 0) is 106 Å². The summed E-state index contributed by atoms with van der Waals surface area (Å²) in [4.78, 5) is 43.3. The predicted octanol–water partition coefficient (Wildman–Crippen LogP) is 0.199. The Hall–Kier alpha value is -3.42. The van der Waals surface area contributed by atoms with Gasteiger partial charge >= 0.3 is 0 Å². The second-order valence-electron chi connectivity index (χ2n) is 16.1. The van der Waals surface area contributed by atoms with Crippen molar-refractivity contribution in [2.75, 3.05) is 170 Å². The third-order valence-electron chi connectivity index (χ3n) is 11.8. The van der Waals surface area contributed by atoms with Gasteiger partial charge in [-0.2, -0.15) is 29.9 Å². The number of hydrogen-bond acceptors (Lipinski definition) is 18. The van der Waals surface area contributed by atoms with Crippen molar-refractivity contribution in [2.45, 2.75) is 75.9 Å². The summed E-state index contributed by atoms with van der Waals surface area (Å²) in [6.07, 6.45) is 9.63. The van der Waals surface area contributed by atoms with Crippen LogP contribution in [0.15, 0.2) is 0 Å². The molecule has 0 aliphatic carbocycles. The lowest BCUT2D eigenvalue weighted by molar-refractivity contribution is 0.408. The molecule has 322 valence electrons. The molecule has 57 heavy (non-hydrogen) atoms. The Bertz CT molecular complexity index is 1330. The van der Waals surface area contributed by atoms with Crippen molar-refractivity contribution in [3.8, 4) is 0 Å². The lowest BCUT2D eigenvalue weighted by Gasteiger charge is -2.36. The van der Waals surface area contributed by atoms with Crippen LogP contribution in [-0.2, 0) is 0 Å². The number of piperidine rings is 3. The fourth-order valence-corrected chi connectivity index (χ4v) is 7.86. The van der Waals surface area contributed by atoms with E-state index < -0.39 is 0 Å². The summed E-state index contributed by atoms with van der Waals surface area (Å²) in [7, 11) is 14.3. The van der Waals surface area contributed by atoms with Crippen molar-refractivity contribution in [2.24, 2.45) is 0 Å². The Kier molecular flexibility index (Phi) is 18.7. The largest absolute Gasteiger partial charge is 0.344 e. The van der Waals surface area contributed by atoms with E-state index >= 15 is 0 Å². The molecule has 0 unspecified atom stereocenters. The number of hydrogen-bond donors (Lipinski definition) is 6. The van der Waals surface area contributed by atoms with Crippen LogP contribution in [0.5, 0.6) is 0 Å². The highest BCUT2D eigenvalue weighted by molar-refractivity contribution is 5.48. The fraction of sp³-hybridized carbons (Fsp3) is 0.846. The molecule has 0 atom stereocenters. The summed E-state index contributed by atoms with van der Waals surface area (Å²) in [5, 5.41) is 20.8. The molecule has 5 heterocycles. The number of nitrogens with zero attached hydrogens (tertiary/aromatic N) is 12. The molecule has 18 heteroatoms. The molecule has 5 rings (SSSR count). The van der Waals surface area contributed by atoms with Crippen LogP contribution >= 0.6 is 0 Å². The van der Waals surface area contributed by atoms with Gasteiger partial charge in [-0.1, -0.05) is 0 Å². The molecular weight excluding hydrogens is 721 g/mol. The van der Waals surface area contributed by atoms with E-state index in [0.29, 0.717) is 18.1 Å². The molecule has 3 aliphatic heterocycles. The van der Waals surface area contributed by atoms with E-state index in [1.807, 2.05) is 14.1 Å². The lowest BCUT2D eigenvalue weighted by Crippen LogP contribution is -2.46. The smallest absolute Gasteiger partial charge is 0.231 e. The Morgan fingerprint density at radius 2 is 0.807 bits per heavy atom. The topological polar surface area (TPSA) is 169 Å². The maximum absolute atomic E-state index is 5.09. The van der Waals surface area contributed by atoms with Gasteiger partial charge in [0.2, 0.25) is 35.7 Å². The fourth-order valence-electron chi connectivity index (χ4n) is 7.86. The van der Waals surface area contributed by atoms with E-state index in [-0.39, 0.29) is 0 Å². The zero-order valence-corrected chi connectivity index (χ0v) is 36.4. The van der Waals surface area contributed by atoms with E-state index in [0.717, 1.165) is 185 Å². The normalized spacial score (nSPS) is 17.4. The highest BCUT2D eigenvalue weighted by atomic mass is 15.4. The van der Waals surface area contributed by atoms with Gasteiger partial charge in [0.15, 0.2) is 0 Å². The van der Waals surface area contributed by atoms with Crippen LogP contribution < -0.4 is 61.3 Å². The van der Waals surface area contributed by atoms with Crippen LogP contribution in [0.1, 0.15) is 57.8 Å². The minimum Gasteiger partial charge on any atom is -0.344 e. The van der Waals surface area contributed by atoms with Crippen LogP contribution in [0.4, 0.5) is 35.7 Å². The maximum atomic E-state index is 5.09. The minimum absolute atomic E-state index is 0.496. The molecule has 0 saturated carbocycles. The third kappa shape index (κ3) is 13.8. The summed E-state index contributed by atoms with van der Waals surface area (Å²) >= 11 is 0. The second kappa shape index (κ2) is 23.9. The monoisotopic (exact) mass is 797 g/mol. The van der Waals surface area contributed by atoms with Gasteiger partial charge in [-0.25, -0.2) is 0 Å². The van der Waals surface area contributed by atoms with Crippen LogP contribution in [0.2, 0.25) is 0 Å². The molecule has 0 aromatic carbocycles. The lowest BCUT2D eigenvalue weighted by atomic mass is 10.1. The van der Waals surface area contributed by atoms with Crippen LogP contribution in [-0.4, -0.2) is 189 Å². The van der Waals surface area contributed by atoms with E-state index in [1.165, 1.54) is 0 Å². The number of rotatable bonds is 24. The number of anilines is 6. The highest BCUT2D eigenvalue weighted by Gasteiger charge is 2.28. The third-order valence-corrected chi connectivity index (χ3v) is 11.8. The SMILES string of the molecule is CNCCCN(C)c1nc(N(C)CCCNC)nc(N(C)CCCNCCNC2CCN(c3nc(N4CCC(NC)CC4)nc(N4CCC(NC)CC4)n3)CC2)n1. The van der Waals surface area contributed by atoms with E-state index in [2.05, 4.69) is 96.5 Å². The molecule has 0 amide bonds. The number of aromatic nitrogens is 6. The standard InChI is InChI=1S/C39H76N18/c1-40-17-8-22-52(5)34-46-35(53(6)23-9-18-41-2)48-36(47-34)54(7)24-10-19-44-20-21-45-33-15-29-57(30-16-33)39-50-37(55-25-11-31(42-3)12-26-55)49-38(51-39)56-27-13-32(43-4)14-28-56/h31-33,40-45H,8-30H2,1-7H3. The Labute approximate surface area is 343 Å². The van der Waals surface area contributed by atoms with Crippen molar-refractivity contribution in [1.29, 1.82) is 0 Å². The highest BCUT2D eigenvalue weighted by Crippen LogP contribution is 2.26. The Morgan fingerprint density at radius 3 is 1.16 bits per heavy atom. The quantitative estimate of drug-likeness (QED) is 0.0797. The Balaban J connectivity index is 1.05. The first kappa shape index (κ1) is 44.7. The van der Waals surface area contributed by atoms with Crippen molar-refractivity contribution in [3.05, 3.63) is 0 Å². The van der Waals surface area contributed by atoms with Crippen LogP contribution in [0.3, 0.4) is 0 Å². The number of nitrogens with one attached hydrogen (secondary N) is 6. The van der Waals surface area contributed by atoms with E-state index in [9.17, 15) is 0 Å². The summed E-state index contributed by atoms with van der Waals surface area (Å²) < 4.78 is 0. The zero-order valence-electron chi connectivity index (χ0n) is 36.4.